The van der Waals surface area contributed by atoms with E-state index in [0.29, 0.717) is 29.1 Å². The molecule has 0 amide bonds. The SMILES string of the molecule is COC(=O)c1nc(Cl)ccc1N[C@H](C)c1cc(C)cc2nc(C#N)c(N3CCC[C@H]([C@H](C)O)C3)nc12. The number of methoxy groups -OCH3 is 1. The quantitative estimate of drug-likeness (QED) is 0.367. The zero-order valence-electron chi connectivity index (χ0n) is 20.7. The second-order valence-electron chi connectivity index (χ2n) is 9.21. The van der Waals surface area contributed by atoms with Crippen molar-refractivity contribution >= 4 is 40.1 Å². The molecule has 1 saturated heterocycles. The molecule has 2 aromatic heterocycles. The molecule has 1 aliphatic heterocycles. The number of nitriles is 1. The smallest absolute Gasteiger partial charge is 0.358 e. The Balaban J connectivity index is 1.77. The Morgan fingerprint density at radius 1 is 1.31 bits per heavy atom. The average molecular weight is 509 g/mol. The number of aryl methyl sites for hydroxylation is 1. The Labute approximate surface area is 215 Å². The van der Waals surface area contributed by atoms with E-state index >= 15 is 0 Å². The summed E-state index contributed by atoms with van der Waals surface area (Å²) in [4.78, 5) is 28.1. The molecule has 36 heavy (non-hydrogen) atoms. The van der Waals surface area contributed by atoms with Gasteiger partial charge in [-0.2, -0.15) is 5.26 Å². The maximum atomic E-state index is 12.3. The van der Waals surface area contributed by atoms with Crippen LogP contribution in [0.2, 0.25) is 5.15 Å². The van der Waals surface area contributed by atoms with Crippen LogP contribution >= 0.6 is 11.6 Å². The molecule has 0 aliphatic carbocycles. The third-order valence-electron chi connectivity index (χ3n) is 6.55. The normalized spacial score (nSPS) is 17.4. The number of carbonyl (C=O) groups is 1. The standard InChI is InChI=1S/C26H29ClN6O3/c1-14-10-18(15(2)29-19-7-8-22(27)31-24(19)26(35)36-4)23-20(11-14)30-21(12-28)25(32-23)33-9-5-6-17(13-33)16(3)34/h7-8,10-11,15-17,29,34H,5-6,9,13H2,1-4H3/t15-,16+,17+/m1/s1. The minimum absolute atomic E-state index is 0.0878. The van der Waals surface area contributed by atoms with Gasteiger partial charge in [-0.1, -0.05) is 17.7 Å². The lowest BCUT2D eigenvalue weighted by atomic mass is 9.93. The lowest BCUT2D eigenvalue weighted by Gasteiger charge is -2.35. The van der Waals surface area contributed by atoms with E-state index < -0.39 is 12.1 Å². The number of nitrogens with zero attached hydrogens (tertiary/aromatic N) is 5. The van der Waals surface area contributed by atoms with Gasteiger partial charge in [0.15, 0.2) is 17.2 Å². The van der Waals surface area contributed by atoms with Gasteiger partial charge >= 0.3 is 5.97 Å². The molecule has 0 bridgehead atoms. The summed E-state index contributed by atoms with van der Waals surface area (Å²) in [7, 11) is 1.29. The van der Waals surface area contributed by atoms with E-state index in [0.717, 1.165) is 30.5 Å². The Kier molecular flexibility index (Phi) is 7.57. The molecule has 3 aromatic rings. The number of nitrogens with one attached hydrogen (secondary N) is 1. The fourth-order valence-corrected chi connectivity index (χ4v) is 4.81. The Morgan fingerprint density at radius 3 is 2.78 bits per heavy atom. The van der Waals surface area contributed by atoms with Gasteiger partial charge in [-0.25, -0.2) is 19.7 Å². The number of esters is 1. The fourth-order valence-electron chi connectivity index (χ4n) is 4.66. The molecular weight excluding hydrogens is 480 g/mol. The fraction of sp³-hybridized carbons (Fsp3) is 0.423. The molecule has 2 N–H and O–H groups in total. The predicted molar refractivity (Wildman–Crippen MR) is 138 cm³/mol. The van der Waals surface area contributed by atoms with Crippen LogP contribution in [0.4, 0.5) is 11.5 Å². The highest BCUT2D eigenvalue weighted by Gasteiger charge is 2.27. The topological polar surface area (TPSA) is 124 Å². The number of fused-ring (bicyclic) bond motifs is 1. The molecule has 1 aliphatic rings. The third kappa shape index (κ3) is 5.20. The zero-order chi connectivity index (χ0) is 26.0. The van der Waals surface area contributed by atoms with Crippen molar-refractivity contribution in [2.75, 3.05) is 30.4 Å². The highest BCUT2D eigenvalue weighted by Crippen LogP contribution is 2.32. The minimum atomic E-state index is -0.597. The summed E-state index contributed by atoms with van der Waals surface area (Å²) in [5, 5.41) is 23.5. The summed E-state index contributed by atoms with van der Waals surface area (Å²) >= 11 is 6.01. The van der Waals surface area contributed by atoms with E-state index in [9.17, 15) is 15.2 Å². The zero-order valence-corrected chi connectivity index (χ0v) is 21.5. The molecule has 0 unspecified atom stereocenters. The molecule has 0 spiro atoms. The number of hydrogen-bond donors (Lipinski definition) is 2. The third-order valence-corrected chi connectivity index (χ3v) is 6.76. The van der Waals surface area contributed by atoms with Crippen molar-refractivity contribution in [1.29, 1.82) is 5.26 Å². The van der Waals surface area contributed by atoms with E-state index in [2.05, 4.69) is 21.4 Å². The molecule has 0 saturated carbocycles. The first-order chi connectivity index (χ1) is 17.2. The lowest BCUT2D eigenvalue weighted by molar-refractivity contribution is 0.0595. The van der Waals surface area contributed by atoms with Gasteiger partial charge in [-0.15, -0.1) is 0 Å². The molecule has 0 radical (unpaired) electrons. The summed E-state index contributed by atoms with van der Waals surface area (Å²) in [6.45, 7) is 7.06. The maximum absolute atomic E-state index is 12.3. The number of pyridine rings is 1. The monoisotopic (exact) mass is 508 g/mol. The number of halogens is 1. The van der Waals surface area contributed by atoms with E-state index in [1.165, 1.54) is 7.11 Å². The minimum Gasteiger partial charge on any atom is -0.464 e. The van der Waals surface area contributed by atoms with Crippen LogP contribution in [0.1, 0.15) is 60.0 Å². The molecule has 1 aromatic carbocycles. The van der Waals surface area contributed by atoms with Crippen LogP contribution in [-0.4, -0.2) is 52.3 Å². The summed E-state index contributed by atoms with van der Waals surface area (Å²) < 4.78 is 4.87. The molecule has 188 valence electrons. The number of benzene rings is 1. The molecule has 9 nitrogen and oxygen atoms in total. The number of anilines is 2. The Hall–Kier alpha value is -3.48. The van der Waals surface area contributed by atoms with Crippen LogP contribution in [0.5, 0.6) is 0 Å². The predicted octanol–water partition coefficient (Wildman–Crippen LogP) is 4.42. The van der Waals surface area contributed by atoms with Crippen LogP contribution in [-0.2, 0) is 4.74 Å². The van der Waals surface area contributed by atoms with Gasteiger partial charge in [0.2, 0.25) is 0 Å². The number of carbonyl (C=O) groups excluding carboxylic acids is 1. The first-order valence-corrected chi connectivity index (χ1v) is 12.3. The molecule has 10 heteroatoms. The van der Waals surface area contributed by atoms with Crippen molar-refractivity contribution in [3.8, 4) is 6.07 Å². The van der Waals surface area contributed by atoms with Gasteiger partial charge in [0.1, 0.15) is 11.2 Å². The highest BCUT2D eigenvalue weighted by molar-refractivity contribution is 6.29. The number of rotatable bonds is 6. The van der Waals surface area contributed by atoms with Crippen molar-refractivity contribution in [3.63, 3.8) is 0 Å². The molecule has 3 atom stereocenters. The van der Waals surface area contributed by atoms with Crippen molar-refractivity contribution in [2.45, 2.75) is 45.8 Å². The van der Waals surface area contributed by atoms with Gasteiger partial charge in [-0.05, 0) is 57.4 Å². The van der Waals surface area contributed by atoms with E-state index in [4.69, 9.17) is 21.3 Å². The van der Waals surface area contributed by atoms with E-state index in [-0.39, 0.29) is 28.5 Å². The van der Waals surface area contributed by atoms with Gasteiger partial charge in [0.05, 0.1) is 36.0 Å². The largest absolute Gasteiger partial charge is 0.464 e. The molecule has 3 heterocycles. The summed E-state index contributed by atoms with van der Waals surface area (Å²) in [6.07, 6.45) is 1.39. The van der Waals surface area contributed by atoms with E-state index in [1.54, 1.807) is 19.1 Å². The van der Waals surface area contributed by atoms with E-state index in [1.807, 2.05) is 30.9 Å². The number of ether oxygens (including phenoxy) is 1. The average Bonchev–Trinajstić information content (AvgIpc) is 2.87. The van der Waals surface area contributed by atoms with Gasteiger partial charge in [-0.3, -0.25) is 0 Å². The number of aliphatic hydroxyl groups is 1. The van der Waals surface area contributed by atoms with Crippen LogP contribution < -0.4 is 10.2 Å². The van der Waals surface area contributed by atoms with Gasteiger partial charge in [0, 0.05) is 24.6 Å². The summed E-state index contributed by atoms with van der Waals surface area (Å²) in [5.74, 6) is 0.0332. The summed E-state index contributed by atoms with van der Waals surface area (Å²) in [5.41, 5.74) is 3.93. The van der Waals surface area contributed by atoms with Crippen LogP contribution in [0, 0.1) is 24.2 Å². The Morgan fingerprint density at radius 2 is 2.08 bits per heavy atom. The second-order valence-corrected chi connectivity index (χ2v) is 9.59. The number of aliphatic hydroxyl groups excluding tert-OH is 1. The number of piperidine rings is 1. The molecule has 1 fully saturated rings. The van der Waals surface area contributed by atoms with Crippen molar-refractivity contribution < 1.29 is 14.6 Å². The van der Waals surface area contributed by atoms with Crippen molar-refractivity contribution in [1.82, 2.24) is 15.0 Å². The number of aromatic nitrogens is 3. The van der Waals surface area contributed by atoms with Crippen LogP contribution in [0.25, 0.3) is 11.0 Å². The van der Waals surface area contributed by atoms with Crippen LogP contribution in [0.15, 0.2) is 24.3 Å². The molecular formula is C26H29ClN6O3. The molecule has 4 rings (SSSR count). The Bertz CT molecular complexity index is 1340. The maximum Gasteiger partial charge on any atom is 0.358 e. The summed E-state index contributed by atoms with van der Waals surface area (Å²) in [6, 6.07) is 9.12. The number of hydrogen-bond acceptors (Lipinski definition) is 9. The van der Waals surface area contributed by atoms with Crippen molar-refractivity contribution in [2.24, 2.45) is 5.92 Å². The lowest BCUT2D eigenvalue weighted by Crippen LogP contribution is -2.40. The van der Waals surface area contributed by atoms with Crippen molar-refractivity contribution in [3.05, 3.63) is 51.9 Å². The van der Waals surface area contributed by atoms with Gasteiger partial charge in [0.25, 0.3) is 0 Å². The highest BCUT2D eigenvalue weighted by atomic mass is 35.5. The second kappa shape index (κ2) is 10.6. The first-order valence-electron chi connectivity index (χ1n) is 11.9. The van der Waals surface area contributed by atoms with Crippen LogP contribution in [0.3, 0.4) is 0 Å². The van der Waals surface area contributed by atoms with Gasteiger partial charge < -0.3 is 20.1 Å². The first kappa shape index (κ1) is 25.6.